The van der Waals surface area contributed by atoms with Gasteiger partial charge < -0.3 is 4.74 Å². The fraction of sp³-hybridized carbons (Fsp3) is 0. The van der Waals surface area contributed by atoms with Crippen LogP contribution < -0.4 is 4.74 Å². The third kappa shape index (κ3) is 1.86. The molecule has 2 rings (SSSR count). The van der Waals surface area contributed by atoms with Crippen molar-refractivity contribution in [3.8, 4) is 5.75 Å². The van der Waals surface area contributed by atoms with Crippen molar-refractivity contribution in [2.45, 2.75) is 0 Å². The molecule has 0 N–H and O–H groups in total. The van der Waals surface area contributed by atoms with Crippen LogP contribution in [0, 0.1) is 0 Å². The van der Waals surface area contributed by atoms with E-state index in [0.29, 0.717) is 5.75 Å². The average molecular weight is 223 g/mol. The molecule has 0 bridgehead atoms. The summed E-state index contributed by atoms with van der Waals surface area (Å²) in [5, 5.41) is 2.12. The number of benzene rings is 2. The highest BCUT2D eigenvalue weighted by Crippen LogP contribution is 2.25. The molecular weight excluding hydrogens is 216 g/mol. The van der Waals surface area contributed by atoms with Gasteiger partial charge in [0.05, 0.1) is 0 Å². The molecule has 0 fully saturated rings. The van der Waals surface area contributed by atoms with Gasteiger partial charge in [-0.3, -0.25) is 0 Å². The van der Waals surface area contributed by atoms with Gasteiger partial charge in [0.2, 0.25) is 0 Å². The lowest BCUT2D eigenvalue weighted by Gasteiger charge is -2.05. The van der Waals surface area contributed by atoms with Crippen LogP contribution in [0.25, 0.3) is 10.8 Å². The Morgan fingerprint density at radius 3 is 2.57 bits per heavy atom. The molecule has 0 saturated heterocycles. The lowest BCUT2D eigenvalue weighted by Crippen LogP contribution is -1.95. The van der Waals surface area contributed by atoms with Crippen molar-refractivity contribution in [2.75, 3.05) is 0 Å². The molecule has 14 heavy (non-hydrogen) atoms. The second-order valence-corrected chi connectivity index (χ2v) is 3.76. The fourth-order valence-corrected chi connectivity index (χ4v) is 1.54. The highest BCUT2D eigenvalue weighted by atomic mass is 35.5. The van der Waals surface area contributed by atoms with Gasteiger partial charge >= 0.3 is 0 Å². The number of rotatable bonds is 1. The van der Waals surface area contributed by atoms with E-state index < -0.39 is 0 Å². The summed E-state index contributed by atoms with van der Waals surface area (Å²) in [7, 11) is 0. The SMILES string of the molecule is S=C(Cl)Oc1cccc2ccccc12. The standard InChI is InChI=1S/C11H7ClOS/c12-11(14)13-10-7-3-5-8-4-1-2-6-9(8)10/h1-7H. The van der Waals surface area contributed by atoms with E-state index in [0.717, 1.165) is 10.8 Å². The summed E-state index contributed by atoms with van der Waals surface area (Å²) in [5.41, 5.74) is 0. The molecule has 0 aliphatic rings. The smallest absolute Gasteiger partial charge is 0.260 e. The number of hydrogen-bond donors (Lipinski definition) is 0. The minimum atomic E-state index is 0.0151. The summed E-state index contributed by atoms with van der Waals surface area (Å²) in [4.78, 5) is 0. The van der Waals surface area contributed by atoms with Crippen LogP contribution in [0.1, 0.15) is 0 Å². The van der Waals surface area contributed by atoms with Gasteiger partial charge in [-0.25, -0.2) is 0 Å². The van der Waals surface area contributed by atoms with Crippen molar-refractivity contribution in [3.63, 3.8) is 0 Å². The largest absolute Gasteiger partial charge is 0.435 e. The van der Waals surface area contributed by atoms with Crippen LogP contribution in [0.15, 0.2) is 42.5 Å². The average Bonchev–Trinajstić information content (AvgIpc) is 2.18. The maximum Gasteiger partial charge on any atom is 0.260 e. The van der Waals surface area contributed by atoms with Gasteiger partial charge in [-0.2, -0.15) is 0 Å². The zero-order valence-corrected chi connectivity index (χ0v) is 8.81. The van der Waals surface area contributed by atoms with E-state index in [-0.39, 0.29) is 4.51 Å². The Balaban J connectivity index is 2.59. The molecule has 0 saturated carbocycles. The molecule has 1 nitrogen and oxygen atoms in total. The maximum absolute atomic E-state index is 5.52. The second kappa shape index (κ2) is 3.95. The van der Waals surface area contributed by atoms with Crippen molar-refractivity contribution in [1.29, 1.82) is 0 Å². The third-order valence-corrected chi connectivity index (χ3v) is 2.10. The first-order chi connectivity index (χ1) is 6.77. The third-order valence-electron chi connectivity index (χ3n) is 1.94. The molecule has 0 aliphatic heterocycles. The van der Waals surface area contributed by atoms with E-state index in [1.165, 1.54) is 0 Å². The van der Waals surface area contributed by atoms with Crippen LogP contribution in [-0.2, 0) is 0 Å². The molecule has 70 valence electrons. The predicted molar refractivity (Wildman–Crippen MR) is 63.0 cm³/mol. The van der Waals surface area contributed by atoms with E-state index in [4.69, 9.17) is 16.3 Å². The van der Waals surface area contributed by atoms with E-state index in [9.17, 15) is 0 Å². The maximum atomic E-state index is 5.52. The highest BCUT2D eigenvalue weighted by Gasteiger charge is 2.01. The first-order valence-corrected chi connectivity index (χ1v) is 4.91. The number of thiocarbonyl (C=S) groups is 1. The van der Waals surface area contributed by atoms with Gasteiger partial charge in [-0.1, -0.05) is 36.4 Å². The van der Waals surface area contributed by atoms with E-state index in [1.807, 2.05) is 42.5 Å². The molecule has 0 aliphatic carbocycles. The zero-order valence-electron chi connectivity index (χ0n) is 7.24. The van der Waals surface area contributed by atoms with E-state index >= 15 is 0 Å². The van der Waals surface area contributed by atoms with Crippen molar-refractivity contribution in [1.82, 2.24) is 0 Å². The van der Waals surface area contributed by atoms with Crippen LogP contribution in [0.5, 0.6) is 5.75 Å². The van der Waals surface area contributed by atoms with Crippen molar-refractivity contribution >= 4 is 39.1 Å². The lowest BCUT2D eigenvalue weighted by molar-refractivity contribution is 0.585. The minimum Gasteiger partial charge on any atom is -0.435 e. The van der Waals surface area contributed by atoms with Crippen molar-refractivity contribution in [2.24, 2.45) is 0 Å². The predicted octanol–water partition coefficient (Wildman–Crippen LogP) is 3.74. The first kappa shape index (κ1) is 9.44. The molecule has 3 heteroatoms. The fourth-order valence-electron chi connectivity index (χ4n) is 1.37. The van der Waals surface area contributed by atoms with E-state index in [2.05, 4.69) is 12.2 Å². The summed E-state index contributed by atoms with van der Waals surface area (Å²) >= 11 is 10.2. The molecule has 0 unspecified atom stereocenters. The molecule has 0 aromatic heterocycles. The normalized spacial score (nSPS) is 10.1. The molecule has 0 spiro atoms. The summed E-state index contributed by atoms with van der Waals surface area (Å²) in [6.07, 6.45) is 0. The van der Waals surface area contributed by atoms with Crippen LogP contribution >= 0.6 is 23.8 Å². The minimum absolute atomic E-state index is 0.0151. The molecule has 0 amide bonds. The number of hydrogen-bond acceptors (Lipinski definition) is 2. The van der Waals surface area contributed by atoms with Crippen LogP contribution in [0.4, 0.5) is 0 Å². The van der Waals surface area contributed by atoms with Gasteiger partial charge in [0, 0.05) is 5.39 Å². The van der Waals surface area contributed by atoms with Gasteiger partial charge in [-0.05, 0) is 35.3 Å². The molecular formula is C11H7ClOS. The molecule has 2 aromatic carbocycles. The highest BCUT2D eigenvalue weighted by molar-refractivity contribution is 7.82. The quantitative estimate of drug-likeness (QED) is 0.537. The van der Waals surface area contributed by atoms with Crippen LogP contribution in [0.2, 0.25) is 0 Å². The Hall–Kier alpha value is -1.12. The monoisotopic (exact) mass is 222 g/mol. The van der Waals surface area contributed by atoms with Crippen LogP contribution in [-0.4, -0.2) is 4.51 Å². The summed E-state index contributed by atoms with van der Waals surface area (Å²) in [6.45, 7) is 0. The molecule has 0 atom stereocenters. The number of halogens is 1. The Bertz CT molecular complexity index is 476. The van der Waals surface area contributed by atoms with Gasteiger partial charge in [-0.15, -0.1) is 0 Å². The Morgan fingerprint density at radius 1 is 1.07 bits per heavy atom. The Labute approximate surface area is 92.3 Å². The summed E-state index contributed by atoms with van der Waals surface area (Å²) < 4.78 is 5.24. The zero-order chi connectivity index (χ0) is 9.97. The summed E-state index contributed by atoms with van der Waals surface area (Å²) in [5.74, 6) is 0.697. The van der Waals surface area contributed by atoms with Crippen molar-refractivity contribution < 1.29 is 4.74 Å². The molecule has 0 heterocycles. The molecule has 2 aromatic rings. The van der Waals surface area contributed by atoms with E-state index in [1.54, 1.807) is 0 Å². The van der Waals surface area contributed by atoms with Gasteiger partial charge in [0.25, 0.3) is 4.51 Å². The number of fused-ring (bicyclic) bond motifs is 1. The first-order valence-electron chi connectivity index (χ1n) is 4.12. The lowest BCUT2D eigenvalue weighted by atomic mass is 10.1. The van der Waals surface area contributed by atoms with Crippen molar-refractivity contribution in [3.05, 3.63) is 42.5 Å². The van der Waals surface area contributed by atoms with Gasteiger partial charge in [0.15, 0.2) is 0 Å². The second-order valence-electron chi connectivity index (χ2n) is 2.82. The van der Waals surface area contributed by atoms with Gasteiger partial charge in [0.1, 0.15) is 5.75 Å². The van der Waals surface area contributed by atoms with Crippen LogP contribution in [0.3, 0.4) is 0 Å². The summed E-state index contributed by atoms with van der Waals surface area (Å²) in [6, 6.07) is 13.7. The molecule has 0 radical (unpaired) electrons. The Morgan fingerprint density at radius 2 is 1.79 bits per heavy atom. The number of ether oxygens (including phenoxy) is 1. The Kier molecular flexibility index (Phi) is 2.66. The topological polar surface area (TPSA) is 9.23 Å².